The lowest BCUT2D eigenvalue weighted by atomic mass is 9.88. The molecule has 1 atom stereocenters. The van der Waals surface area contributed by atoms with E-state index in [-0.39, 0.29) is 30.5 Å². The van der Waals surface area contributed by atoms with E-state index >= 15 is 0 Å². The number of hydrogen-bond donors (Lipinski definition) is 3. The van der Waals surface area contributed by atoms with E-state index in [2.05, 4.69) is 20.5 Å². The van der Waals surface area contributed by atoms with Crippen LogP contribution in [0.1, 0.15) is 35.1 Å². The van der Waals surface area contributed by atoms with Crippen molar-refractivity contribution in [2.24, 2.45) is 0 Å². The molecule has 3 N–H and O–H groups in total. The van der Waals surface area contributed by atoms with E-state index in [1.54, 1.807) is 31.2 Å². The number of hydrogen-bond acceptors (Lipinski definition) is 4. The monoisotopic (exact) mass is 370 g/mol. The average Bonchev–Trinajstić information content (AvgIpc) is 3.04. The quantitative estimate of drug-likeness (QED) is 0.620. The van der Waals surface area contributed by atoms with Crippen LogP contribution in [0.2, 0.25) is 5.02 Å². The largest absolute Gasteiger partial charge is 0.508 e. The number of nitrogens with zero attached hydrogens (tertiary/aromatic N) is 2. The number of aromatic amines is 1. The Morgan fingerprint density at radius 3 is 2.77 bits per heavy atom. The van der Waals surface area contributed by atoms with Gasteiger partial charge in [-0.25, -0.2) is 4.98 Å². The summed E-state index contributed by atoms with van der Waals surface area (Å²) in [4.78, 5) is 16.7. The van der Waals surface area contributed by atoms with Gasteiger partial charge in [-0.2, -0.15) is 5.10 Å². The predicted octanol–water partition coefficient (Wildman–Crippen LogP) is 3.31. The highest BCUT2D eigenvalue weighted by Gasteiger charge is 2.21. The molecule has 1 heterocycles. The third-order valence-electron chi connectivity index (χ3n) is 4.03. The third kappa shape index (κ3) is 4.40. The van der Waals surface area contributed by atoms with Gasteiger partial charge in [-0.1, -0.05) is 41.9 Å². The molecule has 2 aromatic carbocycles. The van der Waals surface area contributed by atoms with Crippen LogP contribution in [0.25, 0.3) is 0 Å². The molecule has 0 saturated carbocycles. The maximum atomic E-state index is 12.5. The fourth-order valence-electron chi connectivity index (χ4n) is 2.81. The number of H-pyrrole nitrogens is 1. The van der Waals surface area contributed by atoms with Crippen molar-refractivity contribution in [2.45, 2.75) is 25.8 Å². The van der Waals surface area contributed by atoms with Crippen molar-refractivity contribution < 1.29 is 9.90 Å². The van der Waals surface area contributed by atoms with Crippen LogP contribution in [0, 0.1) is 6.92 Å². The van der Waals surface area contributed by atoms with Crippen LogP contribution in [0.5, 0.6) is 5.75 Å². The summed E-state index contributed by atoms with van der Waals surface area (Å²) in [6.07, 6.45) is 0.191. The molecule has 0 fully saturated rings. The number of carbonyl (C=O) groups excluding carboxylic acids is 1. The van der Waals surface area contributed by atoms with Crippen molar-refractivity contribution >= 4 is 17.5 Å². The van der Waals surface area contributed by atoms with Crippen molar-refractivity contribution in [3.63, 3.8) is 0 Å². The minimum absolute atomic E-state index is 0.149. The Balaban J connectivity index is 1.79. The van der Waals surface area contributed by atoms with Crippen LogP contribution in [0.4, 0.5) is 0 Å². The summed E-state index contributed by atoms with van der Waals surface area (Å²) in [7, 11) is 0. The van der Waals surface area contributed by atoms with Crippen LogP contribution in [0.3, 0.4) is 0 Å². The number of phenolic OH excluding ortho intramolecular Hbond substituents is 1. The summed E-state index contributed by atoms with van der Waals surface area (Å²) in [5.41, 5.74) is 1.66. The van der Waals surface area contributed by atoms with E-state index in [9.17, 15) is 9.90 Å². The molecule has 0 saturated heterocycles. The summed E-state index contributed by atoms with van der Waals surface area (Å²) < 4.78 is 0. The van der Waals surface area contributed by atoms with Crippen LogP contribution in [-0.4, -0.2) is 26.2 Å². The number of aryl methyl sites for hydroxylation is 1. The molecule has 0 aliphatic heterocycles. The second kappa shape index (κ2) is 8.01. The number of halogens is 1. The van der Waals surface area contributed by atoms with Crippen molar-refractivity contribution in [1.29, 1.82) is 0 Å². The minimum Gasteiger partial charge on any atom is -0.508 e. The van der Waals surface area contributed by atoms with E-state index in [4.69, 9.17) is 11.6 Å². The lowest BCUT2D eigenvalue weighted by molar-refractivity contribution is -0.121. The lowest BCUT2D eigenvalue weighted by Gasteiger charge is -2.19. The summed E-state index contributed by atoms with van der Waals surface area (Å²) in [6.45, 7) is 2.05. The van der Waals surface area contributed by atoms with Gasteiger partial charge in [0.25, 0.3) is 0 Å². The van der Waals surface area contributed by atoms with Gasteiger partial charge >= 0.3 is 0 Å². The van der Waals surface area contributed by atoms with Crippen LogP contribution in [-0.2, 0) is 11.3 Å². The molecule has 26 heavy (non-hydrogen) atoms. The maximum absolute atomic E-state index is 12.5. The SMILES string of the molecule is Cc1nc(CNC(=O)C[C@@H](c2cccc(O)c2)c2ccccc2Cl)n[nH]1. The fourth-order valence-corrected chi connectivity index (χ4v) is 3.08. The number of carbonyl (C=O) groups is 1. The van der Waals surface area contributed by atoms with E-state index in [0.717, 1.165) is 11.1 Å². The Bertz CT molecular complexity index is 910. The molecule has 1 aromatic heterocycles. The molecule has 0 aliphatic rings. The topological polar surface area (TPSA) is 90.9 Å². The number of phenols is 1. The molecule has 7 heteroatoms. The molecule has 0 aliphatic carbocycles. The van der Waals surface area contributed by atoms with Crippen LogP contribution in [0.15, 0.2) is 48.5 Å². The average molecular weight is 371 g/mol. The molecular weight excluding hydrogens is 352 g/mol. The van der Waals surface area contributed by atoms with Gasteiger partial charge in [-0.15, -0.1) is 0 Å². The summed E-state index contributed by atoms with van der Waals surface area (Å²) in [5, 5.41) is 20.0. The molecule has 134 valence electrons. The summed E-state index contributed by atoms with van der Waals surface area (Å²) in [5.74, 6) is 0.951. The Hall–Kier alpha value is -2.86. The second-order valence-corrected chi connectivity index (χ2v) is 6.39. The smallest absolute Gasteiger partial charge is 0.221 e. The molecule has 0 spiro atoms. The van der Waals surface area contributed by atoms with Gasteiger partial charge in [-0.3, -0.25) is 9.89 Å². The third-order valence-corrected chi connectivity index (χ3v) is 4.37. The molecule has 3 aromatic rings. The van der Waals surface area contributed by atoms with Crippen LogP contribution >= 0.6 is 11.6 Å². The van der Waals surface area contributed by atoms with E-state index < -0.39 is 0 Å². The second-order valence-electron chi connectivity index (χ2n) is 5.99. The number of aromatic hydroxyl groups is 1. The number of amides is 1. The lowest BCUT2D eigenvalue weighted by Crippen LogP contribution is -2.25. The minimum atomic E-state index is -0.273. The summed E-state index contributed by atoms with van der Waals surface area (Å²) >= 11 is 6.35. The van der Waals surface area contributed by atoms with Crippen LogP contribution < -0.4 is 5.32 Å². The number of benzene rings is 2. The first kappa shape index (κ1) is 17.9. The Morgan fingerprint density at radius 2 is 2.08 bits per heavy atom. The van der Waals surface area contributed by atoms with Gasteiger partial charge in [0, 0.05) is 17.4 Å². The standard InChI is InChI=1S/C19H19ClN4O2/c1-12-22-18(24-23-12)11-21-19(26)10-16(13-5-4-6-14(25)9-13)15-7-2-3-8-17(15)20/h2-9,16,25H,10-11H2,1H3,(H,21,26)(H,22,23,24)/t16-/m0/s1. The predicted molar refractivity (Wildman–Crippen MR) is 99.0 cm³/mol. The highest BCUT2D eigenvalue weighted by Crippen LogP contribution is 2.34. The zero-order valence-electron chi connectivity index (χ0n) is 14.2. The number of aromatic nitrogens is 3. The zero-order valence-corrected chi connectivity index (χ0v) is 15.0. The first-order valence-corrected chi connectivity index (χ1v) is 8.58. The molecule has 0 radical (unpaired) electrons. The van der Waals surface area contributed by atoms with Crippen molar-refractivity contribution in [1.82, 2.24) is 20.5 Å². The van der Waals surface area contributed by atoms with Crippen molar-refractivity contribution in [3.05, 3.63) is 76.3 Å². The van der Waals surface area contributed by atoms with Gasteiger partial charge in [0.05, 0.1) is 6.54 Å². The molecule has 6 nitrogen and oxygen atoms in total. The first-order valence-electron chi connectivity index (χ1n) is 8.21. The highest BCUT2D eigenvalue weighted by atomic mass is 35.5. The van der Waals surface area contributed by atoms with E-state index in [0.29, 0.717) is 16.7 Å². The maximum Gasteiger partial charge on any atom is 0.221 e. The van der Waals surface area contributed by atoms with Gasteiger partial charge in [0.1, 0.15) is 11.6 Å². The summed E-state index contributed by atoms with van der Waals surface area (Å²) in [6, 6.07) is 14.3. The molecule has 3 rings (SSSR count). The Kier molecular flexibility index (Phi) is 5.53. The normalized spacial score (nSPS) is 11.9. The first-order chi connectivity index (χ1) is 12.5. The molecule has 0 unspecified atom stereocenters. The fraction of sp³-hybridized carbons (Fsp3) is 0.211. The van der Waals surface area contributed by atoms with Crippen molar-refractivity contribution in [2.75, 3.05) is 0 Å². The number of rotatable bonds is 6. The molecular formula is C19H19ClN4O2. The van der Waals surface area contributed by atoms with E-state index in [1.165, 1.54) is 0 Å². The van der Waals surface area contributed by atoms with Gasteiger partial charge in [0.2, 0.25) is 5.91 Å². The zero-order chi connectivity index (χ0) is 18.5. The Morgan fingerprint density at radius 1 is 1.27 bits per heavy atom. The van der Waals surface area contributed by atoms with E-state index in [1.807, 2.05) is 24.3 Å². The van der Waals surface area contributed by atoms with Crippen molar-refractivity contribution in [3.8, 4) is 5.75 Å². The highest BCUT2D eigenvalue weighted by molar-refractivity contribution is 6.31. The molecule has 1 amide bonds. The van der Waals surface area contributed by atoms with Gasteiger partial charge in [-0.05, 0) is 36.2 Å². The van der Waals surface area contributed by atoms with Gasteiger partial charge < -0.3 is 10.4 Å². The van der Waals surface area contributed by atoms with Gasteiger partial charge in [0.15, 0.2) is 5.82 Å². The Labute approximate surface area is 156 Å². The molecule has 0 bridgehead atoms. The number of nitrogens with one attached hydrogen (secondary N) is 2.